The van der Waals surface area contributed by atoms with Crippen LogP contribution in [-0.2, 0) is 6.61 Å². The first kappa shape index (κ1) is 21.4. The molecular weight excluding hydrogens is 428 g/mol. The predicted molar refractivity (Wildman–Crippen MR) is 129 cm³/mol. The van der Waals surface area contributed by atoms with Gasteiger partial charge in [-0.3, -0.25) is 5.10 Å². The van der Waals surface area contributed by atoms with Crippen molar-refractivity contribution >= 4 is 10.8 Å². The highest BCUT2D eigenvalue weighted by molar-refractivity contribution is 5.82. The molecule has 0 aliphatic carbocycles. The molecule has 0 saturated carbocycles. The highest BCUT2D eigenvalue weighted by Gasteiger charge is 2.34. The van der Waals surface area contributed by atoms with Crippen molar-refractivity contribution in [2.24, 2.45) is 5.73 Å². The maximum absolute atomic E-state index is 9.81. The molecule has 7 nitrogen and oxygen atoms in total. The minimum Gasteiger partial charge on any atom is -0.490 e. The Morgan fingerprint density at radius 1 is 1.06 bits per heavy atom. The van der Waals surface area contributed by atoms with Crippen molar-refractivity contribution in [3.05, 3.63) is 94.5 Å². The number of ether oxygens (including phenoxy) is 3. The van der Waals surface area contributed by atoms with Crippen molar-refractivity contribution in [3.8, 4) is 23.4 Å². The Morgan fingerprint density at radius 2 is 1.88 bits per heavy atom. The zero-order chi connectivity index (χ0) is 23.7. The van der Waals surface area contributed by atoms with Crippen LogP contribution in [0.25, 0.3) is 10.8 Å². The Kier molecular flexibility index (Phi) is 5.56. The number of aromatic nitrogens is 2. The molecule has 0 unspecified atom stereocenters. The number of fused-ring (bicyclic) bond motifs is 2. The van der Waals surface area contributed by atoms with Crippen molar-refractivity contribution in [1.82, 2.24) is 10.2 Å². The van der Waals surface area contributed by atoms with E-state index in [-0.39, 0.29) is 5.88 Å². The summed E-state index contributed by atoms with van der Waals surface area (Å²) in [4.78, 5) is 0. The SMILES string of the molecule is CCOc1cc([C@@H]2C(C#N)=C(N)Oc3n[nH]c(C)c32)ccc1OCc1ccc2ccccc2c1. The van der Waals surface area contributed by atoms with E-state index < -0.39 is 5.92 Å². The van der Waals surface area contributed by atoms with E-state index in [0.29, 0.717) is 36.2 Å². The lowest BCUT2D eigenvalue weighted by molar-refractivity contribution is 0.269. The Morgan fingerprint density at radius 3 is 2.68 bits per heavy atom. The maximum Gasteiger partial charge on any atom is 0.244 e. The highest BCUT2D eigenvalue weighted by atomic mass is 16.5. The Hall–Kier alpha value is -4.44. The number of H-pyrrole nitrogens is 1. The largest absolute Gasteiger partial charge is 0.490 e. The summed E-state index contributed by atoms with van der Waals surface area (Å²) in [6.07, 6.45) is 0. The molecule has 0 amide bonds. The van der Waals surface area contributed by atoms with E-state index in [2.05, 4.69) is 46.6 Å². The molecule has 1 aliphatic heterocycles. The average Bonchev–Trinajstić information content (AvgIpc) is 3.22. The van der Waals surface area contributed by atoms with Gasteiger partial charge in [0.2, 0.25) is 11.8 Å². The minimum absolute atomic E-state index is 0.0566. The molecule has 170 valence electrons. The van der Waals surface area contributed by atoms with Crippen LogP contribution in [0, 0.1) is 18.3 Å². The number of hydrogen-bond donors (Lipinski definition) is 2. The molecule has 1 atom stereocenters. The lowest BCUT2D eigenvalue weighted by Crippen LogP contribution is -2.21. The van der Waals surface area contributed by atoms with Crippen LogP contribution in [0.15, 0.2) is 72.1 Å². The van der Waals surface area contributed by atoms with Crippen molar-refractivity contribution in [1.29, 1.82) is 5.26 Å². The van der Waals surface area contributed by atoms with Gasteiger partial charge >= 0.3 is 0 Å². The molecule has 0 radical (unpaired) electrons. The van der Waals surface area contributed by atoms with Crippen LogP contribution in [0.5, 0.6) is 17.4 Å². The van der Waals surface area contributed by atoms with E-state index in [1.807, 2.05) is 44.2 Å². The third-order valence-electron chi connectivity index (χ3n) is 5.94. The molecule has 2 heterocycles. The first-order valence-electron chi connectivity index (χ1n) is 11.1. The van der Waals surface area contributed by atoms with E-state index in [0.717, 1.165) is 22.4 Å². The number of benzene rings is 3. The molecule has 5 rings (SSSR count). The van der Waals surface area contributed by atoms with Crippen LogP contribution in [0.1, 0.15) is 35.2 Å². The third kappa shape index (κ3) is 3.80. The number of aromatic amines is 1. The number of nitriles is 1. The fraction of sp³-hybridized carbons (Fsp3) is 0.185. The number of aryl methyl sites for hydroxylation is 1. The molecule has 1 aliphatic rings. The summed E-state index contributed by atoms with van der Waals surface area (Å²) < 4.78 is 17.6. The molecular formula is C27H24N4O3. The number of allylic oxidation sites excluding steroid dienone is 1. The third-order valence-corrected chi connectivity index (χ3v) is 5.94. The van der Waals surface area contributed by atoms with Gasteiger partial charge in [-0.1, -0.05) is 42.5 Å². The maximum atomic E-state index is 9.81. The lowest BCUT2D eigenvalue weighted by Gasteiger charge is -2.24. The number of nitrogens with two attached hydrogens (primary N) is 1. The lowest BCUT2D eigenvalue weighted by atomic mass is 9.84. The van der Waals surface area contributed by atoms with E-state index in [4.69, 9.17) is 19.9 Å². The number of nitrogens with zero attached hydrogens (tertiary/aromatic N) is 2. The quantitative estimate of drug-likeness (QED) is 0.423. The van der Waals surface area contributed by atoms with Crippen LogP contribution >= 0.6 is 0 Å². The van der Waals surface area contributed by atoms with Crippen LogP contribution in [-0.4, -0.2) is 16.8 Å². The van der Waals surface area contributed by atoms with E-state index >= 15 is 0 Å². The van der Waals surface area contributed by atoms with Gasteiger partial charge in [-0.25, -0.2) is 0 Å². The predicted octanol–water partition coefficient (Wildman–Crippen LogP) is 5.07. The molecule has 4 aromatic rings. The summed E-state index contributed by atoms with van der Waals surface area (Å²) in [6.45, 7) is 4.69. The zero-order valence-electron chi connectivity index (χ0n) is 19.0. The molecule has 0 bridgehead atoms. The summed E-state index contributed by atoms with van der Waals surface area (Å²) in [5.41, 5.74) is 9.89. The van der Waals surface area contributed by atoms with Crippen molar-refractivity contribution in [3.63, 3.8) is 0 Å². The highest BCUT2D eigenvalue weighted by Crippen LogP contribution is 2.44. The van der Waals surface area contributed by atoms with Crippen LogP contribution in [0.2, 0.25) is 0 Å². The summed E-state index contributed by atoms with van der Waals surface area (Å²) in [6, 6.07) is 22.4. The van der Waals surface area contributed by atoms with Gasteiger partial charge in [-0.15, -0.1) is 5.10 Å². The molecule has 34 heavy (non-hydrogen) atoms. The van der Waals surface area contributed by atoms with Crippen LogP contribution < -0.4 is 19.9 Å². The van der Waals surface area contributed by atoms with Gasteiger partial charge in [0.1, 0.15) is 18.2 Å². The topological polar surface area (TPSA) is 106 Å². The number of hydrogen-bond acceptors (Lipinski definition) is 6. The zero-order valence-corrected chi connectivity index (χ0v) is 19.0. The molecule has 1 aromatic heterocycles. The summed E-state index contributed by atoms with van der Waals surface area (Å²) in [7, 11) is 0. The monoisotopic (exact) mass is 452 g/mol. The molecule has 3 N–H and O–H groups in total. The summed E-state index contributed by atoms with van der Waals surface area (Å²) in [5, 5.41) is 19.3. The Bertz CT molecular complexity index is 1450. The average molecular weight is 453 g/mol. The first-order chi connectivity index (χ1) is 16.6. The molecule has 0 fully saturated rings. The van der Waals surface area contributed by atoms with Gasteiger partial charge in [-0.05, 0) is 53.9 Å². The van der Waals surface area contributed by atoms with Gasteiger partial charge in [0.25, 0.3) is 0 Å². The van der Waals surface area contributed by atoms with Gasteiger partial charge in [-0.2, -0.15) is 5.26 Å². The van der Waals surface area contributed by atoms with Gasteiger partial charge < -0.3 is 19.9 Å². The Labute approximate surface area is 197 Å². The molecule has 7 heteroatoms. The van der Waals surface area contributed by atoms with Crippen molar-refractivity contribution < 1.29 is 14.2 Å². The van der Waals surface area contributed by atoms with E-state index in [1.54, 1.807) is 0 Å². The van der Waals surface area contributed by atoms with Crippen molar-refractivity contribution in [2.75, 3.05) is 6.61 Å². The second-order valence-electron chi connectivity index (χ2n) is 8.10. The summed E-state index contributed by atoms with van der Waals surface area (Å²) in [5.74, 6) is 1.26. The Balaban J connectivity index is 1.47. The fourth-order valence-electron chi connectivity index (χ4n) is 4.31. The van der Waals surface area contributed by atoms with Gasteiger partial charge in [0, 0.05) is 11.3 Å². The molecule has 0 spiro atoms. The number of rotatable bonds is 6. The van der Waals surface area contributed by atoms with Crippen LogP contribution in [0.4, 0.5) is 0 Å². The van der Waals surface area contributed by atoms with E-state index in [1.165, 1.54) is 10.8 Å². The fourth-order valence-corrected chi connectivity index (χ4v) is 4.31. The normalized spacial score (nSPS) is 14.9. The van der Waals surface area contributed by atoms with Crippen LogP contribution in [0.3, 0.4) is 0 Å². The van der Waals surface area contributed by atoms with E-state index in [9.17, 15) is 5.26 Å². The van der Waals surface area contributed by atoms with Gasteiger partial charge in [0.15, 0.2) is 11.5 Å². The first-order valence-corrected chi connectivity index (χ1v) is 11.1. The smallest absolute Gasteiger partial charge is 0.244 e. The van der Waals surface area contributed by atoms with Crippen molar-refractivity contribution in [2.45, 2.75) is 26.4 Å². The number of nitrogens with one attached hydrogen (secondary N) is 1. The minimum atomic E-state index is -0.416. The molecule has 3 aromatic carbocycles. The standard InChI is InChI=1S/C27H24N4O3/c1-3-32-23-13-20(25-21(14-28)26(29)34-27-24(25)16(2)30-31-27)10-11-22(23)33-15-17-8-9-18-6-4-5-7-19(18)12-17/h4-13,25H,3,15,29H2,1-2H3,(H,30,31)/t25-/m1/s1. The second-order valence-corrected chi connectivity index (χ2v) is 8.10. The summed E-state index contributed by atoms with van der Waals surface area (Å²) >= 11 is 0. The second kappa shape index (κ2) is 8.83. The molecule has 0 saturated heterocycles. The van der Waals surface area contributed by atoms with Gasteiger partial charge in [0.05, 0.1) is 12.5 Å².